The first kappa shape index (κ1) is 20.0. The van der Waals surface area contributed by atoms with E-state index in [9.17, 15) is 18.0 Å². The number of nitrogens with zero attached hydrogens (tertiary/aromatic N) is 4. The molecule has 0 saturated carbocycles. The monoisotopic (exact) mass is 406 g/mol. The summed E-state index contributed by atoms with van der Waals surface area (Å²) in [5.41, 5.74) is 1.01. The van der Waals surface area contributed by atoms with Gasteiger partial charge in [0.2, 0.25) is 15.9 Å². The van der Waals surface area contributed by atoms with E-state index >= 15 is 0 Å². The lowest BCUT2D eigenvalue weighted by molar-refractivity contribution is -0.132. The van der Waals surface area contributed by atoms with E-state index in [4.69, 9.17) is 5.11 Å². The number of carboxylic acid groups (broad SMARTS) is 1. The Hall–Kier alpha value is -2.72. The summed E-state index contributed by atoms with van der Waals surface area (Å²) in [5, 5.41) is 13.0. The van der Waals surface area contributed by atoms with Gasteiger partial charge < -0.3 is 10.0 Å². The second kappa shape index (κ2) is 8.11. The maximum Gasteiger partial charge on any atom is 0.354 e. The molecule has 0 atom stereocenters. The molecular weight excluding hydrogens is 384 g/mol. The lowest BCUT2D eigenvalue weighted by atomic mass is 10.2. The highest BCUT2D eigenvalue weighted by Gasteiger charge is 2.30. The maximum absolute atomic E-state index is 12.7. The highest BCUT2D eigenvalue weighted by Crippen LogP contribution is 2.18. The van der Waals surface area contributed by atoms with Crippen molar-refractivity contribution in [1.82, 2.24) is 19.0 Å². The molecule has 1 aromatic carbocycles. The van der Waals surface area contributed by atoms with Crippen LogP contribution in [0.5, 0.6) is 0 Å². The molecule has 0 radical (unpaired) electrons. The Balaban J connectivity index is 1.56. The third-order valence-corrected chi connectivity index (χ3v) is 6.64. The van der Waals surface area contributed by atoms with E-state index in [0.29, 0.717) is 13.1 Å². The second-order valence-corrected chi connectivity index (χ2v) is 8.53. The van der Waals surface area contributed by atoms with Gasteiger partial charge in [-0.05, 0) is 25.1 Å². The molecule has 2 aromatic rings. The normalized spacial score (nSPS) is 15.5. The molecule has 0 spiro atoms. The summed E-state index contributed by atoms with van der Waals surface area (Å²) in [5.74, 6) is -1.25. The third kappa shape index (κ3) is 4.23. The molecule has 1 amide bonds. The van der Waals surface area contributed by atoms with Gasteiger partial charge in [-0.15, -0.1) is 0 Å². The van der Waals surface area contributed by atoms with Gasteiger partial charge >= 0.3 is 5.97 Å². The molecule has 1 aromatic heterocycles. The predicted octanol–water partition coefficient (Wildman–Crippen LogP) is 0.813. The van der Waals surface area contributed by atoms with Crippen LogP contribution in [-0.2, 0) is 21.4 Å². The standard InChI is InChI=1S/C18H22N4O5S/c1-14-2-4-15(5-3-14)28(26,27)21-12-10-20(11-13-21)17(23)7-9-22-16(18(24)25)6-8-19-22/h2-6,8H,7,9-13H2,1H3,(H,24,25). The molecule has 0 aliphatic carbocycles. The van der Waals surface area contributed by atoms with Gasteiger partial charge in [0.25, 0.3) is 0 Å². The summed E-state index contributed by atoms with van der Waals surface area (Å²) >= 11 is 0. The Morgan fingerprint density at radius 2 is 1.71 bits per heavy atom. The molecule has 1 fully saturated rings. The number of aryl methyl sites for hydroxylation is 2. The van der Waals surface area contributed by atoms with Crippen LogP contribution < -0.4 is 0 Å². The van der Waals surface area contributed by atoms with Crippen molar-refractivity contribution in [2.45, 2.75) is 24.8 Å². The lowest BCUT2D eigenvalue weighted by Gasteiger charge is -2.34. The molecule has 10 heteroatoms. The molecule has 2 heterocycles. The highest BCUT2D eigenvalue weighted by atomic mass is 32.2. The smallest absolute Gasteiger partial charge is 0.354 e. The number of rotatable bonds is 6. The number of piperazine rings is 1. The first-order valence-corrected chi connectivity index (χ1v) is 10.3. The fraction of sp³-hybridized carbons (Fsp3) is 0.389. The SMILES string of the molecule is Cc1ccc(S(=O)(=O)N2CCN(C(=O)CCn3nccc3C(=O)O)CC2)cc1. The zero-order chi connectivity index (χ0) is 20.3. The number of carbonyl (C=O) groups excluding carboxylic acids is 1. The zero-order valence-corrected chi connectivity index (χ0v) is 16.3. The van der Waals surface area contributed by atoms with Gasteiger partial charge in [-0.3, -0.25) is 9.48 Å². The maximum atomic E-state index is 12.7. The summed E-state index contributed by atoms with van der Waals surface area (Å²) in [6.45, 7) is 3.11. The van der Waals surface area contributed by atoms with Gasteiger partial charge in [0.1, 0.15) is 5.69 Å². The van der Waals surface area contributed by atoms with E-state index in [1.165, 1.54) is 21.3 Å². The minimum absolute atomic E-state index is 0.0295. The molecule has 1 saturated heterocycles. The van der Waals surface area contributed by atoms with Crippen molar-refractivity contribution < 1.29 is 23.1 Å². The van der Waals surface area contributed by atoms with E-state index in [1.54, 1.807) is 29.2 Å². The van der Waals surface area contributed by atoms with Crippen molar-refractivity contribution in [1.29, 1.82) is 0 Å². The quantitative estimate of drug-likeness (QED) is 0.760. The predicted molar refractivity (Wildman–Crippen MR) is 100 cm³/mol. The van der Waals surface area contributed by atoms with Gasteiger partial charge in [0.15, 0.2) is 0 Å². The molecule has 0 unspecified atom stereocenters. The van der Waals surface area contributed by atoms with E-state index in [0.717, 1.165) is 5.56 Å². The Kier molecular flexibility index (Phi) is 5.80. The average Bonchev–Trinajstić information content (AvgIpc) is 3.15. The van der Waals surface area contributed by atoms with Crippen LogP contribution in [0, 0.1) is 6.92 Å². The topological polar surface area (TPSA) is 113 Å². The van der Waals surface area contributed by atoms with Crippen LogP contribution in [0.15, 0.2) is 41.4 Å². The number of aromatic carboxylic acids is 1. The molecular formula is C18H22N4O5S. The Labute approximate surface area is 163 Å². The largest absolute Gasteiger partial charge is 0.477 e. The number of hydrogen-bond acceptors (Lipinski definition) is 5. The minimum Gasteiger partial charge on any atom is -0.477 e. The summed E-state index contributed by atoms with van der Waals surface area (Å²) in [7, 11) is -3.57. The molecule has 3 rings (SSSR count). The molecule has 1 aliphatic heterocycles. The Bertz CT molecular complexity index is 960. The highest BCUT2D eigenvalue weighted by molar-refractivity contribution is 7.89. The van der Waals surface area contributed by atoms with E-state index in [1.807, 2.05) is 6.92 Å². The molecule has 1 aliphatic rings. The van der Waals surface area contributed by atoms with Crippen molar-refractivity contribution >= 4 is 21.9 Å². The van der Waals surface area contributed by atoms with E-state index in [-0.39, 0.29) is 42.6 Å². The van der Waals surface area contributed by atoms with Crippen molar-refractivity contribution in [3.63, 3.8) is 0 Å². The fourth-order valence-corrected chi connectivity index (χ4v) is 4.51. The van der Waals surface area contributed by atoms with E-state index < -0.39 is 16.0 Å². The van der Waals surface area contributed by atoms with Crippen LogP contribution in [0.25, 0.3) is 0 Å². The first-order valence-electron chi connectivity index (χ1n) is 8.89. The van der Waals surface area contributed by atoms with Gasteiger partial charge in [-0.25, -0.2) is 13.2 Å². The second-order valence-electron chi connectivity index (χ2n) is 6.59. The Morgan fingerprint density at radius 1 is 1.07 bits per heavy atom. The van der Waals surface area contributed by atoms with Crippen molar-refractivity contribution in [2.24, 2.45) is 0 Å². The van der Waals surface area contributed by atoms with E-state index in [2.05, 4.69) is 5.10 Å². The Morgan fingerprint density at radius 3 is 2.32 bits per heavy atom. The number of carboxylic acids is 1. The van der Waals surface area contributed by atoms with Gasteiger partial charge in [-0.1, -0.05) is 17.7 Å². The van der Waals surface area contributed by atoms with Crippen LogP contribution in [0.3, 0.4) is 0 Å². The minimum atomic E-state index is -3.57. The number of aromatic nitrogens is 2. The number of sulfonamides is 1. The first-order chi connectivity index (χ1) is 13.3. The van der Waals surface area contributed by atoms with Gasteiger partial charge in [0.05, 0.1) is 11.4 Å². The van der Waals surface area contributed by atoms with Crippen LogP contribution in [0.2, 0.25) is 0 Å². The van der Waals surface area contributed by atoms with Crippen molar-refractivity contribution in [2.75, 3.05) is 26.2 Å². The van der Waals surface area contributed by atoms with Crippen LogP contribution in [-0.4, -0.2) is 70.6 Å². The average molecular weight is 406 g/mol. The van der Waals surface area contributed by atoms with Gasteiger partial charge in [0, 0.05) is 38.8 Å². The molecule has 0 bridgehead atoms. The van der Waals surface area contributed by atoms with Crippen molar-refractivity contribution in [3.05, 3.63) is 47.8 Å². The van der Waals surface area contributed by atoms with Gasteiger partial charge in [-0.2, -0.15) is 9.40 Å². The van der Waals surface area contributed by atoms with Crippen LogP contribution in [0.4, 0.5) is 0 Å². The third-order valence-electron chi connectivity index (χ3n) is 4.72. The molecule has 1 N–H and O–H groups in total. The van der Waals surface area contributed by atoms with Crippen LogP contribution >= 0.6 is 0 Å². The number of benzene rings is 1. The summed E-state index contributed by atoms with van der Waals surface area (Å²) in [4.78, 5) is 25.3. The molecule has 150 valence electrons. The van der Waals surface area contributed by atoms with Crippen molar-refractivity contribution in [3.8, 4) is 0 Å². The number of carbonyl (C=O) groups is 2. The molecule has 9 nitrogen and oxygen atoms in total. The summed E-state index contributed by atoms with van der Waals surface area (Å²) in [6, 6.07) is 8.07. The summed E-state index contributed by atoms with van der Waals surface area (Å²) in [6.07, 6.45) is 1.48. The molecule has 28 heavy (non-hydrogen) atoms. The number of amides is 1. The summed E-state index contributed by atoms with van der Waals surface area (Å²) < 4.78 is 28.1. The lowest BCUT2D eigenvalue weighted by Crippen LogP contribution is -2.50. The number of hydrogen-bond donors (Lipinski definition) is 1. The fourth-order valence-electron chi connectivity index (χ4n) is 3.09. The zero-order valence-electron chi connectivity index (χ0n) is 15.5. The van der Waals surface area contributed by atoms with Crippen LogP contribution in [0.1, 0.15) is 22.5 Å².